The van der Waals surface area contributed by atoms with Gasteiger partial charge in [-0.1, -0.05) is 0 Å². The van der Waals surface area contributed by atoms with Crippen LogP contribution in [0, 0.1) is 5.92 Å². The molecule has 2 atom stereocenters. The molecule has 0 aromatic heterocycles. The topological polar surface area (TPSA) is 50.8 Å². The van der Waals surface area contributed by atoms with Crippen molar-refractivity contribution >= 4 is 5.91 Å². The van der Waals surface area contributed by atoms with E-state index in [1.54, 1.807) is 6.07 Å². The van der Waals surface area contributed by atoms with E-state index in [1.165, 1.54) is 25.9 Å². The van der Waals surface area contributed by atoms with Gasteiger partial charge in [0.2, 0.25) is 0 Å². The second kappa shape index (κ2) is 5.47. The molecule has 0 saturated carbocycles. The molecule has 5 rings (SSSR count). The highest BCUT2D eigenvalue weighted by Gasteiger charge is 2.35. The van der Waals surface area contributed by atoms with E-state index in [2.05, 4.69) is 10.2 Å². The monoisotopic (exact) mass is 302 g/mol. The van der Waals surface area contributed by atoms with Gasteiger partial charge in [-0.05, 0) is 57.0 Å². The van der Waals surface area contributed by atoms with Gasteiger partial charge in [-0.15, -0.1) is 0 Å². The van der Waals surface area contributed by atoms with Crippen molar-refractivity contribution in [1.82, 2.24) is 10.2 Å². The van der Waals surface area contributed by atoms with Crippen molar-refractivity contribution < 1.29 is 14.3 Å². The van der Waals surface area contributed by atoms with Crippen molar-refractivity contribution in [3.63, 3.8) is 0 Å². The number of ether oxygens (including phenoxy) is 2. The van der Waals surface area contributed by atoms with E-state index in [9.17, 15) is 4.79 Å². The number of carbonyl (C=O) groups excluding carboxylic acids is 1. The molecule has 22 heavy (non-hydrogen) atoms. The molecule has 4 aliphatic heterocycles. The second-order valence-electron chi connectivity index (χ2n) is 6.62. The summed E-state index contributed by atoms with van der Waals surface area (Å²) < 4.78 is 11.3. The molecule has 0 radical (unpaired) electrons. The molecule has 4 heterocycles. The molecule has 0 spiro atoms. The predicted molar refractivity (Wildman–Crippen MR) is 82.4 cm³/mol. The first-order chi connectivity index (χ1) is 10.7. The zero-order valence-electron chi connectivity index (χ0n) is 12.9. The first kappa shape index (κ1) is 13.9. The zero-order chi connectivity index (χ0) is 15.1. The van der Waals surface area contributed by atoms with Crippen LogP contribution in [0.3, 0.4) is 0 Å². The summed E-state index contributed by atoms with van der Waals surface area (Å²) in [7, 11) is 0. The van der Waals surface area contributed by atoms with Crippen LogP contribution in [-0.4, -0.2) is 49.2 Å². The minimum atomic E-state index is -0.0104. The fourth-order valence-corrected chi connectivity index (χ4v) is 3.70. The van der Waals surface area contributed by atoms with Crippen molar-refractivity contribution in [3.05, 3.63) is 23.8 Å². The van der Waals surface area contributed by atoms with Gasteiger partial charge in [-0.2, -0.15) is 0 Å². The third-order valence-electron chi connectivity index (χ3n) is 4.98. The van der Waals surface area contributed by atoms with Gasteiger partial charge < -0.3 is 19.7 Å². The van der Waals surface area contributed by atoms with E-state index < -0.39 is 0 Å². The number of benzene rings is 1. The van der Waals surface area contributed by atoms with E-state index in [0.717, 1.165) is 12.3 Å². The molecule has 118 valence electrons. The van der Waals surface area contributed by atoms with Crippen molar-refractivity contribution in [2.75, 3.05) is 26.2 Å². The number of amides is 1. The number of fused-ring (bicyclic) bond motifs is 4. The van der Waals surface area contributed by atoms with Crippen LogP contribution < -0.4 is 14.8 Å². The van der Waals surface area contributed by atoms with Gasteiger partial charge in [-0.3, -0.25) is 4.79 Å². The Morgan fingerprint density at radius 1 is 1.27 bits per heavy atom. The first-order valence-electron chi connectivity index (χ1n) is 8.16. The van der Waals surface area contributed by atoms with E-state index in [1.807, 2.05) is 19.1 Å². The molecule has 5 heteroatoms. The summed E-state index contributed by atoms with van der Waals surface area (Å²) >= 11 is 0. The lowest BCUT2D eigenvalue weighted by molar-refractivity contribution is 0.0619. The van der Waals surface area contributed by atoms with E-state index in [-0.39, 0.29) is 18.1 Å². The molecule has 3 fully saturated rings. The maximum atomic E-state index is 12.5. The van der Waals surface area contributed by atoms with Gasteiger partial charge in [0.05, 0.1) is 0 Å². The van der Waals surface area contributed by atoms with Crippen molar-refractivity contribution in [3.8, 4) is 11.5 Å². The van der Waals surface area contributed by atoms with Crippen LogP contribution in [0.15, 0.2) is 18.2 Å². The summed E-state index contributed by atoms with van der Waals surface area (Å²) in [5, 5.41) is 3.21. The standard InChI is InChI=1S/C17H22N2O3/c1-11-10-21-16-8-13(2-3-15(16)22-11)17(20)18-14-9-19-6-4-12(14)5-7-19/h2-3,8,11-12,14H,4-7,9-10H2,1H3,(H,18,20)/t11-,14-/m0/s1. The van der Waals surface area contributed by atoms with Crippen LogP contribution in [0.1, 0.15) is 30.1 Å². The van der Waals surface area contributed by atoms with Gasteiger partial charge in [0.1, 0.15) is 12.7 Å². The largest absolute Gasteiger partial charge is 0.486 e. The van der Waals surface area contributed by atoms with Gasteiger partial charge in [0.25, 0.3) is 5.91 Å². The Hall–Kier alpha value is -1.75. The molecule has 0 aliphatic carbocycles. The summed E-state index contributed by atoms with van der Waals surface area (Å²) in [6.07, 6.45) is 2.45. The maximum absolute atomic E-state index is 12.5. The molecule has 1 N–H and O–H groups in total. The van der Waals surface area contributed by atoms with Gasteiger partial charge >= 0.3 is 0 Å². The number of hydrogen-bond acceptors (Lipinski definition) is 4. The molecule has 1 aromatic rings. The van der Waals surface area contributed by atoms with Crippen LogP contribution in [0.2, 0.25) is 0 Å². The van der Waals surface area contributed by atoms with E-state index >= 15 is 0 Å². The first-order valence-corrected chi connectivity index (χ1v) is 8.16. The molecular weight excluding hydrogens is 280 g/mol. The van der Waals surface area contributed by atoms with Crippen molar-refractivity contribution in [2.24, 2.45) is 5.92 Å². The average Bonchev–Trinajstić information content (AvgIpc) is 2.55. The Kier molecular flexibility index (Phi) is 3.45. The Balaban J connectivity index is 1.47. The van der Waals surface area contributed by atoms with Crippen LogP contribution in [0.5, 0.6) is 11.5 Å². The molecule has 2 bridgehead atoms. The summed E-state index contributed by atoms with van der Waals surface area (Å²) in [4.78, 5) is 15.0. The predicted octanol–water partition coefficient (Wildman–Crippen LogP) is 1.67. The van der Waals surface area contributed by atoms with Crippen molar-refractivity contribution in [2.45, 2.75) is 31.9 Å². The summed E-state index contributed by atoms with van der Waals surface area (Å²) in [6.45, 7) is 5.84. The number of hydrogen-bond donors (Lipinski definition) is 1. The fraction of sp³-hybridized carbons (Fsp3) is 0.588. The second-order valence-corrected chi connectivity index (χ2v) is 6.62. The summed E-state index contributed by atoms with van der Waals surface area (Å²) in [5.41, 5.74) is 0.647. The fourth-order valence-electron chi connectivity index (χ4n) is 3.70. The highest BCUT2D eigenvalue weighted by Crippen LogP contribution is 2.33. The minimum Gasteiger partial charge on any atom is -0.486 e. The number of carbonyl (C=O) groups is 1. The summed E-state index contributed by atoms with van der Waals surface area (Å²) in [6, 6.07) is 5.72. The molecule has 0 unspecified atom stereocenters. The van der Waals surface area contributed by atoms with Crippen LogP contribution >= 0.6 is 0 Å². The average molecular weight is 302 g/mol. The normalized spacial score (nSPS) is 32.6. The number of piperidine rings is 3. The third kappa shape index (κ3) is 2.54. The van der Waals surface area contributed by atoms with Gasteiger partial charge in [0.15, 0.2) is 11.5 Å². The minimum absolute atomic E-state index is 0.0104. The van der Waals surface area contributed by atoms with Crippen LogP contribution in [0.25, 0.3) is 0 Å². The maximum Gasteiger partial charge on any atom is 0.251 e. The molecule has 5 nitrogen and oxygen atoms in total. The van der Waals surface area contributed by atoms with Gasteiger partial charge in [-0.25, -0.2) is 0 Å². The Bertz CT molecular complexity index is 581. The molecule has 1 amide bonds. The molecule has 4 aliphatic rings. The SMILES string of the molecule is C[C@H]1COc2cc(C(=O)N[C@H]3CN4CCC3CC4)ccc2O1. The Labute approximate surface area is 130 Å². The lowest BCUT2D eigenvalue weighted by atomic mass is 9.84. The highest BCUT2D eigenvalue weighted by atomic mass is 16.6. The Morgan fingerprint density at radius 3 is 2.82 bits per heavy atom. The molecule has 1 aromatic carbocycles. The van der Waals surface area contributed by atoms with Gasteiger partial charge in [0, 0.05) is 18.2 Å². The Morgan fingerprint density at radius 2 is 2.09 bits per heavy atom. The smallest absolute Gasteiger partial charge is 0.251 e. The number of nitrogens with zero attached hydrogens (tertiary/aromatic N) is 1. The zero-order valence-corrected chi connectivity index (χ0v) is 12.9. The van der Waals surface area contributed by atoms with E-state index in [0.29, 0.717) is 23.8 Å². The molecular formula is C17H22N2O3. The van der Waals surface area contributed by atoms with Crippen LogP contribution in [0.4, 0.5) is 0 Å². The lowest BCUT2D eigenvalue weighted by Crippen LogP contribution is -2.57. The highest BCUT2D eigenvalue weighted by molar-refractivity contribution is 5.95. The third-order valence-corrected chi connectivity index (χ3v) is 4.98. The van der Waals surface area contributed by atoms with Crippen molar-refractivity contribution in [1.29, 1.82) is 0 Å². The molecule has 3 saturated heterocycles. The van der Waals surface area contributed by atoms with Crippen LogP contribution in [-0.2, 0) is 0 Å². The quantitative estimate of drug-likeness (QED) is 0.903. The lowest BCUT2D eigenvalue weighted by Gasteiger charge is -2.44. The van der Waals surface area contributed by atoms with E-state index in [4.69, 9.17) is 9.47 Å². The number of nitrogens with one attached hydrogen (secondary N) is 1. The number of rotatable bonds is 2. The summed E-state index contributed by atoms with van der Waals surface area (Å²) in [5.74, 6) is 2.01.